The summed E-state index contributed by atoms with van der Waals surface area (Å²) in [5.41, 5.74) is 8.44. The number of nitrogens with two attached hydrogens (primary N) is 1. The van der Waals surface area contributed by atoms with Crippen molar-refractivity contribution in [2.45, 2.75) is 26.8 Å². The van der Waals surface area contributed by atoms with Crippen LogP contribution in [0.2, 0.25) is 0 Å². The number of anilines is 1. The molecule has 0 aliphatic carbocycles. The van der Waals surface area contributed by atoms with Gasteiger partial charge in [0.1, 0.15) is 5.69 Å². The molecule has 1 heterocycles. The summed E-state index contributed by atoms with van der Waals surface area (Å²) in [6.45, 7) is 5.77. The van der Waals surface area contributed by atoms with Gasteiger partial charge in [0.05, 0.1) is 0 Å². The molecule has 0 aliphatic heterocycles. The maximum absolute atomic E-state index is 11.3. The molecule has 0 radical (unpaired) electrons. The number of nitrogens with zero attached hydrogens (tertiary/aromatic N) is 1. The van der Waals surface area contributed by atoms with E-state index in [0.717, 1.165) is 16.5 Å². The molecule has 0 saturated heterocycles. The highest BCUT2D eigenvalue weighted by Crippen LogP contribution is 2.30. The van der Waals surface area contributed by atoms with E-state index in [2.05, 4.69) is 0 Å². The number of carboxylic acid groups (broad SMARTS) is 1. The van der Waals surface area contributed by atoms with Crippen LogP contribution in [0.5, 0.6) is 0 Å². The zero-order valence-electron chi connectivity index (χ0n) is 10.2. The number of nitrogen functional groups attached to an aromatic ring is 1. The highest BCUT2D eigenvalue weighted by atomic mass is 16.4. The Morgan fingerprint density at radius 3 is 2.59 bits per heavy atom. The summed E-state index contributed by atoms with van der Waals surface area (Å²) in [6, 6.07) is 5.60. The molecule has 4 nitrogen and oxygen atoms in total. The summed E-state index contributed by atoms with van der Waals surface area (Å²) < 4.78 is 1.84. The first-order valence-corrected chi connectivity index (χ1v) is 5.56. The van der Waals surface area contributed by atoms with Gasteiger partial charge in [0.25, 0.3) is 0 Å². The lowest BCUT2D eigenvalue weighted by molar-refractivity contribution is 0.0683. The SMILES string of the molecule is Cc1c(C(=O)O)n(C(C)C)c2ccc(N)cc12. The van der Waals surface area contributed by atoms with Crippen molar-refractivity contribution in [2.24, 2.45) is 0 Å². The minimum atomic E-state index is -0.897. The van der Waals surface area contributed by atoms with Crippen molar-refractivity contribution in [1.29, 1.82) is 0 Å². The van der Waals surface area contributed by atoms with Crippen molar-refractivity contribution < 1.29 is 9.90 Å². The van der Waals surface area contributed by atoms with E-state index >= 15 is 0 Å². The molecule has 0 fully saturated rings. The van der Waals surface area contributed by atoms with Crippen molar-refractivity contribution in [3.63, 3.8) is 0 Å². The first kappa shape index (κ1) is 11.5. The third-order valence-electron chi connectivity index (χ3n) is 3.00. The summed E-state index contributed by atoms with van der Waals surface area (Å²) in [7, 11) is 0. The van der Waals surface area contributed by atoms with Crippen LogP contribution in [-0.2, 0) is 0 Å². The molecule has 0 aliphatic rings. The lowest BCUT2D eigenvalue weighted by atomic mass is 10.1. The van der Waals surface area contributed by atoms with Gasteiger partial charge in [-0.3, -0.25) is 0 Å². The van der Waals surface area contributed by atoms with E-state index in [-0.39, 0.29) is 6.04 Å². The van der Waals surface area contributed by atoms with Gasteiger partial charge in [-0.05, 0) is 44.5 Å². The van der Waals surface area contributed by atoms with Crippen molar-refractivity contribution in [1.82, 2.24) is 4.57 Å². The highest BCUT2D eigenvalue weighted by Gasteiger charge is 2.20. The van der Waals surface area contributed by atoms with Crippen molar-refractivity contribution in [3.05, 3.63) is 29.5 Å². The van der Waals surface area contributed by atoms with Crippen LogP contribution in [0.15, 0.2) is 18.2 Å². The van der Waals surface area contributed by atoms with Crippen molar-refractivity contribution >= 4 is 22.6 Å². The summed E-state index contributed by atoms with van der Waals surface area (Å²) >= 11 is 0. The van der Waals surface area contributed by atoms with Crippen LogP contribution in [0.25, 0.3) is 10.9 Å². The Morgan fingerprint density at radius 1 is 1.41 bits per heavy atom. The zero-order chi connectivity index (χ0) is 12.7. The Labute approximate surface area is 99.7 Å². The molecule has 1 aromatic carbocycles. The fourth-order valence-corrected chi connectivity index (χ4v) is 2.29. The Kier molecular flexibility index (Phi) is 2.58. The van der Waals surface area contributed by atoms with Crippen LogP contribution in [0, 0.1) is 6.92 Å². The van der Waals surface area contributed by atoms with Gasteiger partial charge in [-0.1, -0.05) is 0 Å². The summed E-state index contributed by atoms with van der Waals surface area (Å²) in [4.78, 5) is 11.3. The number of carbonyl (C=O) groups is 1. The molecule has 0 atom stereocenters. The summed E-state index contributed by atoms with van der Waals surface area (Å²) in [6.07, 6.45) is 0. The fourth-order valence-electron chi connectivity index (χ4n) is 2.29. The van der Waals surface area contributed by atoms with Gasteiger partial charge < -0.3 is 15.4 Å². The van der Waals surface area contributed by atoms with Crippen LogP contribution >= 0.6 is 0 Å². The van der Waals surface area contributed by atoms with Gasteiger partial charge in [0, 0.05) is 22.6 Å². The molecule has 0 saturated carbocycles. The molecule has 17 heavy (non-hydrogen) atoms. The number of hydrogen-bond donors (Lipinski definition) is 2. The Hall–Kier alpha value is -1.97. The van der Waals surface area contributed by atoms with Crippen LogP contribution in [0.4, 0.5) is 5.69 Å². The molecule has 2 rings (SSSR count). The number of aromatic nitrogens is 1. The van der Waals surface area contributed by atoms with Gasteiger partial charge in [-0.15, -0.1) is 0 Å². The first-order chi connectivity index (χ1) is 7.93. The van der Waals surface area contributed by atoms with E-state index < -0.39 is 5.97 Å². The average molecular weight is 232 g/mol. The van der Waals surface area contributed by atoms with E-state index in [0.29, 0.717) is 11.4 Å². The van der Waals surface area contributed by atoms with E-state index in [1.54, 1.807) is 6.07 Å². The van der Waals surface area contributed by atoms with E-state index in [4.69, 9.17) is 5.73 Å². The second kappa shape index (κ2) is 3.80. The highest BCUT2D eigenvalue weighted by molar-refractivity contribution is 5.99. The van der Waals surface area contributed by atoms with Gasteiger partial charge in [-0.2, -0.15) is 0 Å². The number of aromatic carboxylic acids is 1. The maximum Gasteiger partial charge on any atom is 0.352 e. The summed E-state index contributed by atoms with van der Waals surface area (Å²) in [5.74, 6) is -0.897. The fraction of sp³-hybridized carbons (Fsp3) is 0.308. The third-order valence-corrected chi connectivity index (χ3v) is 3.00. The second-order valence-electron chi connectivity index (χ2n) is 4.52. The Bertz CT molecular complexity index is 597. The average Bonchev–Trinajstić information content (AvgIpc) is 2.52. The van der Waals surface area contributed by atoms with Crippen LogP contribution in [0.1, 0.15) is 35.9 Å². The normalized spacial score (nSPS) is 11.3. The number of benzene rings is 1. The van der Waals surface area contributed by atoms with E-state index in [1.165, 1.54) is 0 Å². The smallest absolute Gasteiger partial charge is 0.352 e. The first-order valence-electron chi connectivity index (χ1n) is 5.56. The number of fused-ring (bicyclic) bond motifs is 1. The minimum absolute atomic E-state index is 0.0981. The van der Waals surface area contributed by atoms with Gasteiger partial charge in [-0.25, -0.2) is 4.79 Å². The Balaban J connectivity index is 2.92. The molecule has 2 aromatic rings. The maximum atomic E-state index is 11.3. The monoisotopic (exact) mass is 232 g/mol. The van der Waals surface area contributed by atoms with Crippen LogP contribution in [-0.4, -0.2) is 15.6 Å². The number of hydrogen-bond acceptors (Lipinski definition) is 2. The topological polar surface area (TPSA) is 68.2 Å². The molecular weight excluding hydrogens is 216 g/mol. The number of rotatable bonds is 2. The molecule has 3 N–H and O–H groups in total. The van der Waals surface area contributed by atoms with E-state index in [1.807, 2.05) is 37.5 Å². The molecule has 0 bridgehead atoms. The van der Waals surface area contributed by atoms with Crippen molar-refractivity contribution in [2.75, 3.05) is 5.73 Å². The van der Waals surface area contributed by atoms with Gasteiger partial charge >= 0.3 is 5.97 Å². The lowest BCUT2D eigenvalue weighted by Crippen LogP contribution is -2.11. The second-order valence-corrected chi connectivity index (χ2v) is 4.52. The molecule has 0 unspecified atom stereocenters. The molecule has 0 spiro atoms. The summed E-state index contributed by atoms with van der Waals surface area (Å²) in [5, 5.41) is 10.2. The van der Waals surface area contributed by atoms with Crippen molar-refractivity contribution in [3.8, 4) is 0 Å². The third kappa shape index (κ3) is 1.65. The zero-order valence-corrected chi connectivity index (χ0v) is 10.2. The molecule has 4 heteroatoms. The predicted molar refractivity (Wildman–Crippen MR) is 68.4 cm³/mol. The lowest BCUT2D eigenvalue weighted by Gasteiger charge is -2.12. The van der Waals surface area contributed by atoms with Crippen LogP contribution in [0.3, 0.4) is 0 Å². The number of carboxylic acids is 1. The molecular formula is C13H16N2O2. The minimum Gasteiger partial charge on any atom is -0.477 e. The predicted octanol–water partition coefficient (Wildman–Crippen LogP) is 2.81. The van der Waals surface area contributed by atoms with Crippen LogP contribution < -0.4 is 5.73 Å². The molecule has 90 valence electrons. The number of aryl methyl sites for hydroxylation is 1. The van der Waals surface area contributed by atoms with Gasteiger partial charge in [0.2, 0.25) is 0 Å². The standard InChI is InChI=1S/C13H16N2O2/c1-7(2)15-11-5-4-9(14)6-10(11)8(3)12(15)13(16)17/h4-7H,14H2,1-3H3,(H,16,17). The quantitative estimate of drug-likeness (QED) is 0.782. The van der Waals surface area contributed by atoms with Gasteiger partial charge in [0.15, 0.2) is 0 Å². The largest absolute Gasteiger partial charge is 0.477 e. The Morgan fingerprint density at radius 2 is 2.06 bits per heavy atom. The van der Waals surface area contributed by atoms with E-state index in [9.17, 15) is 9.90 Å². The molecule has 1 aromatic heterocycles. The molecule has 0 amide bonds.